The maximum Gasteiger partial charge on any atom is 0.249 e. The van der Waals surface area contributed by atoms with Crippen LogP contribution in [-0.2, 0) is 9.53 Å². The maximum atomic E-state index is 12.0. The molecule has 4 nitrogen and oxygen atoms in total. The number of ether oxygens (including phenoxy) is 1. The number of aliphatic hydroxyl groups excluding tert-OH is 1. The molecule has 2 fully saturated rings. The molecule has 0 bridgehead atoms. The minimum Gasteiger partial charge on any atom is -0.394 e. The molecule has 0 aromatic rings. The lowest BCUT2D eigenvalue weighted by Crippen LogP contribution is -2.55. The van der Waals surface area contributed by atoms with Crippen LogP contribution in [0.2, 0.25) is 0 Å². The van der Waals surface area contributed by atoms with E-state index in [-0.39, 0.29) is 18.6 Å². The third kappa shape index (κ3) is 2.99. The van der Waals surface area contributed by atoms with Crippen molar-refractivity contribution in [1.29, 1.82) is 0 Å². The van der Waals surface area contributed by atoms with Crippen molar-refractivity contribution in [2.45, 2.75) is 57.1 Å². The van der Waals surface area contributed by atoms with Gasteiger partial charge in [-0.15, -0.1) is 0 Å². The van der Waals surface area contributed by atoms with Gasteiger partial charge in [-0.05, 0) is 44.4 Å². The molecule has 17 heavy (non-hydrogen) atoms. The molecule has 1 heterocycles. The van der Waals surface area contributed by atoms with Gasteiger partial charge in [-0.3, -0.25) is 4.79 Å². The van der Waals surface area contributed by atoms with E-state index in [0.29, 0.717) is 12.5 Å². The molecule has 1 saturated carbocycles. The Balaban J connectivity index is 1.92. The largest absolute Gasteiger partial charge is 0.394 e. The van der Waals surface area contributed by atoms with Crippen molar-refractivity contribution in [3.8, 4) is 0 Å². The van der Waals surface area contributed by atoms with E-state index in [1.165, 1.54) is 0 Å². The SMILES string of the molecule is CC1CCC(CO)(NC(=O)[C@H]2CCCO2)CC1. The Bertz CT molecular complexity index is 266. The summed E-state index contributed by atoms with van der Waals surface area (Å²) in [6.07, 6.45) is 5.38. The lowest BCUT2D eigenvalue weighted by molar-refractivity contribution is -0.133. The zero-order valence-corrected chi connectivity index (χ0v) is 10.6. The van der Waals surface area contributed by atoms with Crippen LogP contribution < -0.4 is 5.32 Å². The first-order chi connectivity index (χ1) is 8.15. The predicted octanol–water partition coefficient (Wildman–Crippen LogP) is 1.22. The van der Waals surface area contributed by atoms with Gasteiger partial charge in [-0.25, -0.2) is 0 Å². The van der Waals surface area contributed by atoms with Crippen LogP contribution in [0.15, 0.2) is 0 Å². The number of carbonyl (C=O) groups excluding carboxylic acids is 1. The van der Waals surface area contributed by atoms with Crippen molar-refractivity contribution in [1.82, 2.24) is 5.32 Å². The van der Waals surface area contributed by atoms with E-state index < -0.39 is 5.54 Å². The van der Waals surface area contributed by atoms with Crippen LogP contribution in [0.4, 0.5) is 0 Å². The van der Waals surface area contributed by atoms with E-state index >= 15 is 0 Å². The summed E-state index contributed by atoms with van der Waals surface area (Å²) in [6, 6.07) is 0. The lowest BCUT2D eigenvalue weighted by Gasteiger charge is -2.39. The summed E-state index contributed by atoms with van der Waals surface area (Å²) in [7, 11) is 0. The second kappa shape index (κ2) is 5.36. The summed E-state index contributed by atoms with van der Waals surface area (Å²) < 4.78 is 5.37. The zero-order chi connectivity index (χ0) is 12.3. The summed E-state index contributed by atoms with van der Waals surface area (Å²) in [5, 5.41) is 12.6. The van der Waals surface area contributed by atoms with E-state index in [1.54, 1.807) is 0 Å². The summed E-state index contributed by atoms with van der Waals surface area (Å²) in [4.78, 5) is 12.0. The molecule has 0 aromatic heterocycles. The first kappa shape index (κ1) is 12.8. The standard InChI is InChI=1S/C13H23NO3/c1-10-4-6-13(9-15,7-5-10)14-12(16)11-3-2-8-17-11/h10-11,15H,2-9H2,1H3,(H,14,16)/t10?,11-,13?/m1/s1. The van der Waals surface area contributed by atoms with E-state index in [4.69, 9.17) is 4.74 Å². The molecule has 4 heteroatoms. The van der Waals surface area contributed by atoms with Crippen LogP contribution in [-0.4, -0.2) is 35.9 Å². The summed E-state index contributed by atoms with van der Waals surface area (Å²) in [5.41, 5.74) is -0.393. The molecule has 1 aliphatic heterocycles. The van der Waals surface area contributed by atoms with Crippen LogP contribution in [0.25, 0.3) is 0 Å². The highest BCUT2D eigenvalue weighted by Crippen LogP contribution is 2.32. The molecule has 0 radical (unpaired) electrons. The molecule has 2 rings (SSSR count). The molecular formula is C13H23NO3. The number of hydrogen-bond donors (Lipinski definition) is 2. The van der Waals surface area contributed by atoms with Crippen molar-refractivity contribution < 1.29 is 14.6 Å². The molecule has 1 amide bonds. The fraction of sp³-hybridized carbons (Fsp3) is 0.923. The van der Waals surface area contributed by atoms with Crippen molar-refractivity contribution >= 4 is 5.91 Å². The second-order valence-electron chi connectivity index (χ2n) is 5.61. The zero-order valence-electron chi connectivity index (χ0n) is 10.6. The Kier molecular flexibility index (Phi) is 4.05. The van der Waals surface area contributed by atoms with Gasteiger partial charge < -0.3 is 15.2 Å². The van der Waals surface area contributed by atoms with E-state index in [2.05, 4.69) is 12.2 Å². The maximum absolute atomic E-state index is 12.0. The molecule has 2 N–H and O–H groups in total. The fourth-order valence-electron chi connectivity index (χ4n) is 2.76. The summed E-state index contributed by atoms with van der Waals surface area (Å²) in [6.45, 7) is 2.95. The minimum absolute atomic E-state index is 0.0360. The highest BCUT2D eigenvalue weighted by molar-refractivity contribution is 5.81. The third-order valence-corrected chi connectivity index (χ3v) is 4.14. The normalized spacial score (nSPS) is 38.0. The average Bonchev–Trinajstić information content (AvgIpc) is 2.86. The molecule has 2 aliphatic rings. The Morgan fingerprint density at radius 2 is 2.12 bits per heavy atom. The molecule has 0 spiro atoms. The fourth-order valence-corrected chi connectivity index (χ4v) is 2.76. The Morgan fingerprint density at radius 1 is 1.41 bits per heavy atom. The van der Waals surface area contributed by atoms with Crippen molar-refractivity contribution in [3.63, 3.8) is 0 Å². The monoisotopic (exact) mass is 241 g/mol. The van der Waals surface area contributed by atoms with Crippen LogP contribution in [0, 0.1) is 5.92 Å². The first-order valence-corrected chi connectivity index (χ1v) is 6.70. The van der Waals surface area contributed by atoms with Gasteiger partial charge in [0.15, 0.2) is 0 Å². The molecule has 0 aromatic carbocycles. The second-order valence-corrected chi connectivity index (χ2v) is 5.61. The van der Waals surface area contributed by atoms with Gasteiger partial charge in [0.1, 0.15) is 6.10 Å². The van der Waals surface area contributed by atoms with Gasteiger partial charge in [0.05, 0.1) is 12.1 Å². The van der Waals surface area contributed by atoms with E-state index in [0.717, 1.165) is 38.5 Å². The number of nitrogens with one attached hydrogen (secondary N) is 1. The van der Waals surface area contributed by atoms with Crippen LogP contribution in [0.5, 0.6) is 0 Å². The number of hydrogen-bond acceptors (Lipinski definition) is 3. The Morgan fingerprint density at radius 3 is 2.65 bits per heavy atom. The van der Waals surface area contributed by atoms with Crippen molar-refractivity contribution in [3.05, 3.63) is 0 Å². The lowest BCUT2D eigenvalue weighted by atomic mass is 9.77. The smallest absolute Gasteiger partial charge is 0.249 e. The minimum atomic E-state index is -0.393. The highest BCUT2D eigenvalue weighted by Gasteiger charge is 2.37. The Hall–Kier alpha value is -0.610. The van der Waals surface area contributed by atoms with Crippen molar-refractivity contribution in [2.24, 2.45) is 5.92 Å². The molecular weight excluding hydrogens is 218 g/mol. The van der Waals surface area contributed by atoms with Crippen LogP contribution >= 0.6 is 0 Å². The summed E-state index contributed by atoms with van der Waals surface area (Å²) >= 11 is 0. The third-order valence-electron chi connectivity index (χ3n) is 4.14. The van der Waals surface area contributed by atoms with E-state index in [9.17, 15) is 9.90 Å². The Labute approximate surface area is 103 Å². The predicted molar refractivity (Wildman–Crippen MR) is 64.6 cm³/mol. The number of aliphatic hydroxyl groups is 1. The van der Waals surface area contributed by atoms with Gasteiger partial charge in [-0.2, -0.15) is 0 Å². The van der Waals surface area contributed by atoms with E-state index in [1.807, 2.05) is 0 Å². The van der Waals surface area contributed by atoms with Gasteiger partial charge in [0.2, 0.25) is 5.91 Å². The number of amides is 1. The van der Waals surface area contributed by atoms with Crippen molar-refractivity contribution in [2.75, 3.05) is 13.2 Å². The molecule has 1 saturated heterocycles. The average molecular weight is 241 g/mol. The molecule has 1 aliphatic carbocycles. The van der Waals surface area contributed by atoms with Crippen LogP contribution in [0.3, 0.4) is 0 Å². The highest BCUT2D eigenvalue weighted by atomic mass is 16.5. The first-order valence-electron chi connectivity index (χ1n) is 6.70. The number of carbonyl (C=O) groups is 1. The van der Waals surface area contributed by atoms with Gasteiger partial charge >= 0.3 is 0 Å². The van der Waals surface area contributed by atoms with Crippen LogP contribution in [0.1, 0.15) is 45.4 Å². The molecule has 1 atom stereocenters. The summed E-state index contributed by atoms with van der Waals surface area (Å²) in [5.74, 6) is 0.667. The topological polar surface area (TPSA) is 58.6 Å². The number of rotatable bonds is 3. The van der Waals surface area contributed by atoms with Gasteiger partial charge in [-0.1, -0.05) is 6.92 Å². The molecule has 98 valence electrons. The van der Waals surface area contributed by atoms with Gasteiger partial charge in [0.25, 0.3) is 0 Å². The van der Waals surface area contributed by atoms with Gasteiger partial charge in [0, 0.05) is 6.61 Å². The quantitative estimate of drug-likeness (QED) is 0.781. The molecule has 0 unspecified atom stereocenters.